The molecule has 8 heteroatoms. The first kappa shape index (κ1) is 22.5. The molecule has 0 aromatic heterocycles. The quantitative estimate of drug-likeness (QED) is 0.695. The Kier molecular flexibility index (Phi) is 5.96. The Morgan fingerprint density at radius 2 is 1.89 bits per heavy atom. The van der Waals surface area contributed by atoms with Gasteiger partial charge in [0.15, 0.2) is 0 Å². The minimum absolute atomic E-state index is 0.0279. The van der Waals surface area contributed by atoms with Crippen molar-refractivity contribution in [2.24, 2.45) is 0 Å². The van der Waals surface area contributed by atoms with Gasteiger partial charge in [-0.15, -0.1) is 0 Å². The van der Waals surface area contributed by atoms with Crippen molar-refractivity contribution >= 4 is 11.8 Å². The summed E-state index contributed by atoms with van der Waals surface area (Å²) in [5.74, 6) is 0.223. The number of morpholine rings is 1. The standard InChI is InChI=1S/C27H31N3O5/c31-24(23-11-17-3-1-2-4-19(17)13-28-23)14-29-9-10-35-25-12-18(5-8-22(25)27(29)33)26(32)30-20-6-7-21(30)16-34-15-20/h1-5,8,12,20-21,23-24,28,31H,6-7,9-11,13-16H2/t20?,21?,23-,24+/m0/s1. The second-order valence-electron chi connectivity index (χ2n) is 9.97. The average molecular weight is 478 g/mol. The van der Waals surface area contributed by atoms with E-state index in [0.29, 0.717) is 49.8 Å². The molecule has 2 aromatic carbocycles. The van der Waals surface area contributed by atoms with Crippen molar-refractivity contribution < 1.29 is 24.2 Å². The average Bonchev–Trinajstić information content (AvgIpc) is 3.04. The molecular weight excluding hydrogens is 446 g/mol. The molecule has 184 valence electrons. The largest absolute Gasteiger partial charge is 0.491 e. The van der Waals surface area contributed by atoms with Crippen LogP contribution in [-0.4, -0.2) is 83.9 Å². The number of aliphatic hydroxyl groups excluding tert-OH is 1. The van der Waals surface area contributed by atoms with Crippen molar-refractivity contribution in [2.75, 3.05) is 32.9 Å². The van der Waals surface area contributed by atoms with E-state index in [0.717, 1.165) is 19.3 Å². The number of hydrogen-bond donors (Lipinski definition) is 2. The van der Waals surface area contributed by atoms with Crippen LogP contribution in [0.25, 0.3) is 0 Å². The molecule has 2 saturated heterocycles. The molecule has 0 spiro atoms. The zero-order chi connectivity index (χ0) is 23.9. The highest BCUT2D eigenvalue weighted by atomic mass is 16.5. The fourth-order valence-corrected chi connectivity index (χ4v) is 5.88. The van der Waals surface area contributed by atoms with Gasteiger partial charge in [-0.1, -0.05) is 24.3 Å². The Balaban J connectivity index is 1.15. The van der Waals surface area contributed by atoms with Gasteiger partial charge in [-0.3, -0.25) is 9.59 Å². The van der Waals surface area contributed by atoms with Crippen LogP contribution in [0.4, 0.5) is 0 Å². The minimum atomic E-state index is -0.702. The van der Waals surface area contributed by atoms with Crippen LogP contribution in [0, 0.1) is 0 Å². The number of β-amino-alcohol motifs (C(OH)–C–C–N with tert-alkyl or cyclic N) is 1. The molecule has 2 bridgehead atoms. The van der Waals surface area contributed by atoms with E-state index in [2.05, 4.69) is 17.4 Å². The van der Waals surface area contributed by atoms with Crippen molar-refractivity contribution in [1.82, 2.24) is 15.1 Å². The predicted octanol–water partition coefficient (Wildman–Crippen LogP) is 1.60. The molecule has 35 heavy (non-hydrogen) atoms. The normalized spacial score (nSPS) is 26.4. The van der Waals surface area contributed by atoms with Crippen LogP contribution in [0.2, 0.25) is 0 Å². The fraction of sp³-hybridized carbons (Fsp3) is 0.481. The van der Waals surface area contributed by atoms with E-state index in [4.69, 9.17) is 9.47 Å². The molecule has 4 aliphatic rings. The summed E-state index contributed by atoms with van der Waals surface area (Å²) >= 11 is 0. The molecule has 4 heterocycles. The number of hydrogen-bond acceptors (Lipinski definition) is 6. The van der Waals surface area contributed by atoms with E-state index in [1.807, 2.05) is 17.0 Å². The van der Waals surface area contributed by atoms with Crippen LogP contribution < -0.4 is 10.1 Å². The highest BCUT2D eigenvalue weighted by Gasteiger charge is 2.41. The SMILES string of the molecule is O=C1c2ccc(C(=O)N3C4CCC3COC4)cc2OCCN1C[C@@H](O)[C@@H]1Cc2ccccc2CN1. The molecular formula is C27H31N3O5. The Bertz CT molecular complexity index is 1120. The van der Waals surface area contributed by atoms with Gasteiger partial charge in [-0.25, -0.2) is 0 Å². The van der Waals surface area contributed by atoms with Crippen molar-refractivity contribution in [2.45, 2.75) is 50.0 Å². The molecule has 4 atom stereocenters. The van der Waals surface area contributed by atoms with Crippen molar-refractivity contribution in [3.63, 3.8) is 0 Å². The summed E-state index contributed by atoms with van der Waals surface area (Å²) in [7, 11) is 0. The molecule has 2 N–H and O–H groups in total. The van der Waals surface area contributed by atoms with Crippen molar-refractivity contribution in [1.29, 1.82) is 0 Å². The highest BCUT2D eigenvalue weighted by Crippen LogP contribution is 2.32. The number of carbonyl (C=O) groups is 2. The lowest BCUT2D eigenvalue weighted by Crippen LogP contribution is -2.50. The third kappa shape index (κ3) is 4.20. The van der Waals surface area contributed by atoms with Gasteiger partial charge in [0.05, 0.1) is 43.5 Å². The lowest BCUT2D eigenvalue weighted by molar-refractivity contribution is -0.00717. The van der Waals surface area contributed by atoms with E-state index in [1.54, 1.807) is 23.1 Å². The van der Waals surface area contributed by atoms with E-state index < -0.39 is 6.10 Å². The topological polar surface area (TPSA) is 91.3 Å². The maximum Gasteiger partial charge on any atom is 0.257 e. The third-order valence-electron chi connectivity index (χ3n) is 7.82. The number of benzene rings is 2. The van der Waals surface area contributed by atoms with Crippen molar-refractivity contribution in [3.8, 4) is 5.75 Å². The van der Waals surface area contributed by atoms with Crippen LogP contribution in [-0.2, 0) is 17.7 Å². The Morgan fingerprint density at radius 1 is 1.11 bits per heavy atom. The minimum Gasteiger partial charge on any atom is -0.491 e. The molecule has 4 aliphatic heterocycles. The predicted molar refractivity (Wildman–Crippen MR) is 128 cm³/mol. The first-order valence-corrected chi connectivity index (χ1v) is 12.5. The van der Waals surface area contributed by atoms with Gasteiger partial charge < -0.3 is 29.7 Å². The lowest BCUT2D eigenvalue weighted by atomic mass is 9.92. The van der Waals surface area contributed by atoms with Crippen LogP contribution in [0.15, 0.2) is 42.5 Å². The number of amides is 2. The smallest absolute Gasteiger partial charge is 0.257 e. The van der Waals surface area contributed by atoms with Crippen LogP contribution in [0.5, 0.6) is 5.75 Å². The lowest BCUT2D eigenvalue weighted by Gasteiger charge is -2.34. The summed E-state index contributed by atoms with van der Waals surface area (Å²) in [4.78, 5) is 30.2. The summed E-state index contributed by atoms with van der Waals surface area (Å²) in [5, 5.41) is 14.4. The molecule has 0 saturated carbocycles. The number of rotatable bonds is 4. The Labute approximate surface area is 204 Å². The number of aliphatic hydroxyl groups is 1. The molecule has 6 rings (SSSR count). The molecule has 2 fully saturated rings. The molecule has 0 radical (unpaired) electrons. The van der Waals surface area contributed by atoms with Gasteiger partial charge in [0.25, 0.3) is 11.8 Å². The van der Waals surface area contributed by atoms with Crippen LogP contribution in [0.3, 0.4) is 0 Å². The summed E-state index contributed by atoms with van der Waals surface area (Å²) in [6.45, 7) is 2.79. The van der Waals surface area contributed by atoms with Gasteiger partial charge in [0.1, 0.15) is 12.4 Å². The van der Waals surface area contributed by atoms with Gasteiger partial charge in [-0.05, 0) is 48.6 Å². The zero-order valence-corrected chi connectivity index (χ0v) is 19.7. The third-order valence-corrected chi connectivity index (χ3v) is 7.82. The highest BCUT2D eigenvalue weighted by molar-refractivity contribution is 6.00. The van der Waals surface area contributed by atoms with Crippen LogP contribution >= 0.6 is 0 Å². The van der Waals surface area contributed by atoms with Crippen LogP contribution in [0.1, 0.15) is 44.7 Å². The second-order valence-corrected chi connectivity index (χ2v) is 9.97. The van der Waals surface area contributed by atoms with E-state index in [9.17, 15) is 14.7 Å². The number of carbonyl (C=O) groups excluding carboxylic acids is 2. The van der Waals surface area contributed by atoms with E-state index in [1.165, 1.54) is 11.1 Å². The summed E-state index contributed by atoms with van der Waals surface area (Å²) < 4.78 is 11.5. The fourth-order valence-electron chi connectivity index (χ4n) is 5.88. The van der Waals surface area contributed by atoms with Gasteiger partial charge in [0.2, 0.25) is 0 Å². The van der Waals surface area contributed by atoms with Gasteiger partial charge in [0, 0.05) is 24.7 Å². The molecule has 8 nitrogen and oxygen atoms in total. The van der Waals surface area contributed by atoms with Gasteiger partial charge in [-0.2, -0.15) is 0 Å². The maximum absolute atomic E-state index is 13.4. The summed E-state index contributed by atoms with van der Waals surface area (Å²) in [5.41, 5.74) is 3.45. The number of ether oxygens (including phenoxy) is 2. The van der Waals surface area contributed by atoms with E-state index in [-0.39, 0.29) is 36.5 Å². The van der Waals surface area contributed by atoms with E-state index >= 15 is 0 Å². The molecule has 0 aliphatic carbocycles. The maximum atomic E-state index is 13.4. The number of nitrogens with one attached hydrogen (secondary N) is 1. The molecule has 2 unspecified atom stereocenters. The monoisotopic (exact) mass is 477 g/mol. The summed E-state index contributed by atoms with van der Waals surface area (Å²) in [6, 6.07) is 13.5. The zero-order valence-electron chi connectivity index (χ0n) is 19.7. The van der Waals surface area contributed by atoms with Crippen molar-refractivity contribution in [3.05, 3.63) is 64.7 Å². The number of fused-ring (bicyclic) bond motifs is 4. The second kappa shape index (κ2) is 9.26. The molecule has 2 amide bonds. The Morgan fingerprint density at radius 3 is 2.69 bits per heavy atom. The summed E-state index contributed by atoms with van der Waals surface area (Å²) in [6.07, 6.45) is 1.96. The Hall–Kier alpha value is -2.94. The van der Waals surface area contributed by atoms with Gasteiger partial charge >= 0.3 is 0 Å². The first-order chi connectivity index (χ1) is 17.1. The first-order valence-electron chi connectivity index (χ1n) is 12.5. The number of nitrogens with zero attached hydrogens (tertiary/aromatic N) is 2. The molecule has 2 aromatic rings.